The number of anilines is 1. The highest BCUT2D eigenvalue weighted by Crippen LogP contribution is 2.30. The number of nitrogens with one attached hydrogen (secondary N) is 2. The summed E-state index contributed by atoms with van der Waals surface area (Å²) >= 11 is 8.45. The third-order valence-corrected chi connectivity index (χ3v) is 5.92. The number of halogens is 2. The topological polar surface area (TPSA) is 78.4 Å². The van der Waals surface area contributed by atoms with Crippen LogP contribution in [0.15, 0.2) is 47.8 Å². The molecule has 0 aliphatic heterocycles. The summed E-state index contributed by atoms with van der Waals surface area (Å²) in [5.41, 5.74) is 0.221. The SMILES string of the molecule is O=C(NCc1ccc(C(O)c2cccs2)s1)C(=O)Nc1ccc(F)c(Cl)c1. The molecule has 3 rings (SSSR count). The molecule has 0 fully saturated rings. The Bertz CT molecular complexity index is 959. The molecule has 0 saturated heterocycles. The molecule has 3 N–H and O–H groups in total. The number of thiophene rings is 2. The van der Waals surface area contributed by atoms with Gasteiger partial charge in [0.15, 0.2) is 0 Å². The van der Waals surface area contributed by atoms with Crippen molar-refractivity contribution in [2.45, 2.75) is 12.6 Å². The highest BCUT2D eigenvalue weighted by atomic mass is 35.5. The van der Waals surface area contributed by atoms with Gasteiger partial charge >= 0.3 is 11.8 Å². The lowest BCUT2D eigenvalue weighted by atomic mass is 10.2. The number of aliphatic hydroxyl groups is 1. The predicted molar refractivity (Wildman–Crippen MR) is 105 cm³/mol. The first-order chi connectivity index (χ1) is 12.9. The maximum absolute atomic E-state index is 13.1. The van der Waals surface area contributed by atoms with Crippen LogP contribution in [0.25, 0.3) is 0 Å². The van der Waals surface area contributed by atoms with Gasteiger partial charge in [-0.15, -0.1) is 22.7 Å². The number of rotatable bonds is 5. The molecule has 2 heterocycles. The van der Waals surface area contributed by atoms with Crippen LogP contribution in [0.1, 0.15) is 20.7 Å². The summed E-state index contributed by atoms with van der Waals surface area (Å²) in [6.45, 7) is 0.151. The van der Waals surface area contributed by atoms with E-state index in [4.69, 9.17) is 11.6 Å². The van der Waals surface area contributed by atoms with Gasteiger partial charge in [0.05, 0.1) is 11.6 Å². The van der Waals surface area contributed by atoms with E-state index in [0.717, 1.165) is 20.7 Å². The van der Waals surface area contributed by atoms with E-state index in [1.165, 1.54) is 34.8 Å². The van der Waals surface area contributed by atoms with Gasteiger partial charge in [-0.3, -0.25) is 9.59 Å². The van der Waals surface area contributed by atoms with Crippen LogP contribution in [-0.4, -0.2) is 16.9 Å². The van der Waals surface area contributed by atoms with Gasteiger partial charge in [0.25, 0.3) is 0 Å². The summed E-state index contributed by atoms with van der Waals surface area (Å²) in [4.78, 5) is 26.2. The molecule has 140 valence electrons. The molecular weight excluding hydrogens is 411 g/mol. The van der Waals surface area contributed by atoms with Gasteiger partial charge < -0.3 is 15.7 Å². The Morgan fingerprint density at radius 3 is 2.67 bits per heavy atom. The van der Waals surface area contributed by atoms with Crippen LogP contribution in [0.2, 0.25) is 5.02 Å². The van der Waals surface area contributed by atoms with Crippen molar-refractivity contribution in [1.29, 1.82) is 0 Å². The normalized spacial score (nSPS) is 11.8. The van der Waals surface area contributed by atoms with Crippen LogP contribution in [0.5, 0.6) is 0 Å². The molecule has 0 aliphatic rings. The first-order valence-corrected chi connectivity index (χ1v) is 9.86. The van der Waals surface area contributed by atoms with Gasteiger partial charge in [-0.1, -0.05) is 17.7 Å². The lowest BCUT2D eigenvalue weighted by Gasteiger charge is -2.07. The second-order valence-corrected chi connectivity index (χ2v) is 8.07. The van der Waals surface area contributed by atoms with Crippen LogP contribution >= 0.6 is 34.3 Å². The molecule has 0 saturated carbocycles. The number of hydrogen-bond acceptors (Lipinski definition) is 5. The molecular formula is C18H14ClFN2O3S2. The largest absolute Gasteiger partial charge is 0.382 e. The maximum Gasteiger partial charge on any atom is 0.313 e. The van der Waals surface area contributed by atoms with Crippen LogP contribution < -0.4 is 10.6 Å². The minimum absolute atomic E-state index is 0.149. The lowest BCUT2D eigenvalue weighted by molar-refractivity contribution is -0.136. The fraction of sp³-hybridized carbons (Fsp3) is 0.111. The third kappa shape index (κ3) is 4.92. The van der Waals surface area contributed by atoms with Crippen LogP contribution in [0.3, 0.4) is 0 Å². The minimum atomic E-state index is -0.881. The average molecular weight is 425 g/mol. The maximum atomic E-state index is 13.1. The molecule has 5 nitrogen and oxygen atoms in total. The minimum Gasteiger partial charge on any atom is -0.382 e. The van der Waals surface area contributed by atoms with Gasteiger partial charge in [0.1, 0.15) is 11.9 Å². The molecule has 0 radical (unpaired) electrons. The quantitative estimate of drug-likeness (QED) is 0.543. The lowest BCUT2D eigenvalue weighted by Crippen LogP contribution is -2.34. The fourth-order valence-electron chi connectivity index (χ4n) is 2.23. The van der Waals surface area contributed by atoms with Crippen LogP contribution in [0, 0.1) is 5.82 Å². The van der Waals surface area contributed by atoms with Crippen molar-refractivity contribution in [3.63, 3.8) is 0 Å². The van der Waals surface area contributed by atoms with E-state index in [1.807, 2.05) is 17.5 Å². The first-order valence-electron chi connectivity index (χ1n) is 7.78. The average Bonchev–Trinajstić information content (AvgIpc) is 3.34. The Kier molecular flexibility index (Phi) is 6.22. The van der Waals surface area contributed by atoms with Crippen molar-refractivity contribution in [2.24, 2.45) is 0 Å². The highest BCUT2D eigenvalue weighted by molar-refractivity contribution is 7.12. The highest BCUT2D eigenvalue weighted by Gasteiger charge is 2.17. The first kappa shape index (κ1) is 19.5. The molecule has 27 heavy (non-hydrogen) atoms. The van der Waals surface area contributed by atoms with Gasteiger partial charge in [-0.25, -0.2) is 4.39 Å². The Hall–Kier alpha value is -2.26. The van der Waals surface area contributed by atoms with Crippen molar-refractivity contribution in [1.82, 2.24) is 5.32 Å². The summed E-state index contributed by atoms with van der Waals surface area (Å²) in [5, 5.41) is 16.9. The number of hydrogen-bond donors (Lipinski definition) is 3. The zero-order valence-electron chi connectivity index (χ0n) is 13.7. The Morgan fingerprint density at radius 2 is 1.96 bits per heavy atom. The zero-order chi connectivity index (χ0) is 19.4. The number of amides is 2. The van der Waals surface area contributed by atoms with Crippen molar-refractivity contribution in [2.75, 3.05) is 5.32 Å². The van der Waals surface area contributed by atoms with E-state index < -0.39 is 23.7 Å². The zero-order valence-corrected chi connectivity index (χ0v) is 16.1. The second-order valence-electron chi connectivity index (χ2n) is 5.49. The summed E-state index contributed by atoms with van der Waals surface area (Å²) in [6, 6.07) is 10.9. The molecule has 1 atom stereocenters. The number of carbonyl (C=O) groups is 2. The third-order valence-electron chi connectivity index (χ3n) is 3.57. The second kappa shape index (κ2) is 8.62. The van der Waals surface area contributed by atoms with Gasteiger partial charge in [-0.2, -0.15) is 0 Å². The summed E-state index contributed by atoms with van der Waals surface area (Å²) in [7, 11) is 0. The number of carbonyl (C=O) groups excluding carboxylic acids is 2. The molecule has 2 amide bonds. The molecule has 1 aromatic carbocycles. The monoisotopic (exact) mass is 424 g/mol. The Morgan fingerprint density at radius 1 is 1.15 bits per heavy atom. The van der Waals surface area contributed by atoms with E-state index >= 15 is 0 Å². The molecule has 2 aromatic heterocycles. The Labute approximate surface area is 167 Å². The van der Waals surface area contributed by atoms with Gasteiger partial charge in [-0.05, 0) is 41.8 Å². The van der Waals surface area contributed by atoms with Crippen molar-refractivity contribution in [3.8, 4) is 0 Å². The van der Waals surface area contributed by atoms with E-state index in [-0.39, 0.29) is 17.3 Å². The fourth-order valence-corrected chi connectivity index (χ4v) is 4.17. The molecule has 1 unspecified atom stereocenters. The van der Waals surface area contributed by atoms with Gasteiger partial charge in [0, 0.05) is 20.3 Å². The number of benzene rings is 1. The van der Waals surface area contributed by atoms with E-state index in [9.17, 15) is 19.1 Å². The molecule has 0 aliphatic carbocycles. The van der Waals surface area contributed by atoms with Gasteiger partial charge in [0.2, 0.25) is 0 Å². The summed E-state index contributed by atoms with van der Waals surface area (Å²) < 4.78 is 13.1. The molecule has 0 spiro atoms. The van der Waals surface area contributed by atoms with Crippen molar-refractivity contribution in [3.05, 3.63) is 73.3 Å². The summed E-state index contributed by atoms with van der Waals surface area (Å²) in [5.74, 6) is -2.32. The number of aliphatic hydroxyl groups excluding tert-OH is 1. The van der Waals surface area contributed by atoms with E-state index in [1.54, 1.807) is 12.1 Å². The van der Waals surface area contributed by atoms with Crippen molar-refractivity contribution < 1.29 is 19.1 Å². The smallest absolute Gasteiger partial charge is 0.313 e. The predicted octanol–water partition coefficient (Wildman–Crippen LogP) is 3.94. The van der Waals surface area contributed by atoms with E-state index in [2.05, 4.69) is 10.6 Å². The molecule has 0 bridgehead atoms. The molecule has 3 aromatic rings. The van der Waals surface area contributed by atoms with E-state index in [0.29, 0.717) is 0 Å². The molecule has 9 heteroatoms. The Balaban J connectivity index is 1.54. The van der Waals surface area contributed by atoms with Crippen molar-refractivity contribution >= 4 is 51.8 Å². The summed E-state index contributed by atoms with van der Waals surface area (Å²) in [6.07, 6.45) is -0.703. The van der Waals surface area contributed by atoms with Crippen LogP contribution in [0.4, 0.5) is 10.1 Å². The standard InChI is InChI=1S/C18H14ClFN2O3S2/c19-12-8-10(3-5-13(12)20)22-18(25)17(24)21-9-11-4-6-15(27-11)16(23)14-2-1-7-26-14/h1-8,16,23H,9H2,(H,21,24)(H,22,25). The van der Waals surface area contributed by atoms with Crippen LogP contribution in [-0.2, 0) is 16.1 Å².